The molecule has 1 heterocycles. The van der Waals surface area contributed by atoms with Crippen molar-refractivity contribution in [3.8, 4) is 0 Å². The Labute approximate surface area is 143 Å². The van der Waals surface area contributed by atoms with E-state index in [-0.39, 0.29) is 0 Å². The first-order valence-electron chi connectivity index (χ1n) is 8.84. The maximum Gasteiger partial charge on any atom is 0.0641 e. The Hall–Kier alpha value is -2.26. The number of aromatic nitrogens is 1. The fourth-order valence-electron chi connectivity index (χ4n) is 3.92. The minimum Gasteiger partial charge on any atom is -0.347 e. The van der Waals surface area contributed by atoms with E-state index in [0.717, 1.165) is 18.5 Å². The highest BCUT2D eigenvalue weighted by atomic mass is 16.5. The van der Waals surface area contributed by atoms with Crippen LogP contribution in [0.15, 0.2) is 48.5 Å². The molecule has 1 aromatic heterocycles. The zero-order valence-electron chi connectivity index (χ0n) is 14.2. The Morgan fingerprint density at radius 3 is 2.67 bits per heavy atom. The van der Waals surface area contributed by atoms with E-state index < -0.39 is 0 Å². The minimum absolute atomic E-state index is 0.602. The van der Waals surface area contributed by atoms with Gasteiger partial charge in [0.15, 0.2) is 0 Å². The van der Waals surface area contributed by atoms with Crippen LogP contribution in [0, 0.1) is 0 Å². The van der Waals surface area contributed by atoms with Crippen molar-refractivity contribution in [1.29, 1.82) is 0 Å². The summed E-state index contributed by atoms with van der Waals surface area (Å²) in [5.41, 5.74) is 6.37. The molecule has 3 heteroatoms. The second-order valence-corrected chi connectivity index (χ2v) is 6.75. The zero-order chi connectivity index (χ0) is 16.5. The molecule has 3 nitrogen and oxygen atoms in total. The molecule has 0 amide bonds. The van der Waals surface area contributed by atoms with Gasteiger partial charge in [-0.2, -0.15) is 0 Å². The predicted octanol–water partition coefficient (Wildman–Crippen LogP) is 4.50. The fraction of sp³-hybridized carbons (Fsp3) is 0.333. The Morgan fingerprint density at radius 2 is 1.83 bits per heavy atom. The molecular weight excluding hydrogens is 296 g/mol. The van der Waals surface area contributed by atoms with Gasteiger partial charge in [0.25, 0.3) is 0 Å². The molecule has 4 rings (SSSR count). The normalized spacial score (nSPS) is 13.9. The lowest BCUT2D eigenvalue weighted by molar-refractivity contribution is 0.255. The number of hydrogen-bond acceptors (Lipinski definition) is 2. The van der Waals surface area contributed by atoms with E-state index in [2.05, 4.69) is 35.9 Å². The first kappa shape index (κ1) is 15.3. The standard InChI is InChI=1S/C21H24N2O/c1-22-20-10-6-5-9-18(20)19-15-17(11-12-21(19)22)23(24)14-13-16-7-3-2-4-8-16/h2-4,7-8,11-12,15,24H,5-6,9-10,13-14H2,1H3. The molecule has 0 atom stereocenters. The van der Waals surface area contributed by atoms with Gasteiger partial charge in [-0.3, -0.25) is 10.3 Å². The predicted molar refractivity (Wildman–Crippen MR) is 98.8 cm³/mol. The van der Waals surface area contributed by atoms with Crippen molar-refractivity contribution in [3.63, 3.8) is 0 Å². The summed E-state index contributed by atoms with van der Waals surface area (Å²) in [6, 6.07) is 16.6. The van der Waals surface area contributed by atoms with Gasteiger partial charge in [0.2, 0.25) is 0 Å². The molecule has 0 aliphatic heterocycles. The van der Waals surface area contributed by atoms with Crippen LogP contribution in [0.1, 0.15) is 29.7 Å². The number of hydroxylamine groups is 1. The van der Waals surface area contributed by atoms with Gasteiger partial charge < -0.3 is 4.57 Å². The highest BCUT2D eigenvalue weighted by Gasteiger charge is 2.19. The van der Waals surface area contributed by atoms with E-state index in [4.69, 9.17) is 0 Å². The number of anilines is 1. The summed E-state index contributed by atoms with van der Waals surface area (Å²) in [6.07, 6.45) is 5.72. The fourth-order valence-corrected chi connectivity index (χ4v) is 3.92. The molecule has 1 aliphatic rings. The molecule has 0 saturated heterocycles. The van der Waals surface area contributed by atoms with Crippen molar-refractivity contribution in [2.45, 2.75) is 32.1 Å². The van der Waals surface area contributed by atoms with Gasteiger partial charge in [0, 0.05) is 30.2 Å². The topological polar surface area (TPSA) is 28.4 Å². The van der Waals surface area contributed by atoms with Crippen LogP contribution in [-0.2, 0) is 26.3 Å². The highest BCUT2D eigenvalue weighted by molar-refractivity contribution is 5.88. The van der Waals surface area contributed by atoms with Gasteiger partial charge in [-0.25, -0.2) is 0 Å². The second-order valence-electron chi connectivity index (χ2n) is 6.75. The van der Waals surface area contributed by atoms with Crippen LogP contribution in [0.2, 0.25) is 0 Å². The number of rotatable bonds is 4. The van der Waals surface area contributed by atoms with E-state index in [1.165, 1.54) is 52.0 Å². The maximum absolute atomic E-state index is 10.5. The van der Waals surface area contributed by atoms with Crippen LogP contribution < -0.4 is 5.06 Å². The molecule has 0 spiro atoms. The van der Waals surface area contributed by atoms with E-state index in [1.54, 1.807) is 0 Å². The van der Waals surface area contributed by atoms with Gasteiger partial charge in [-0.05, 0) is 61.4 Å². The van der Waals surface area contributed by atoms with E-state index in [1.807, 2.05) is 24.3 Å². The van der Waals surface area contributed by atoms with Crippen LogP contribution in [-0.4, -0.2) is 16.3 Å². The minimum atomic E-state index is 0.602. The molecule has 2 aromatic carbocycles. The Bertz CT molecular complexity index is 851. The number of nitrogens with zero attached hydrogens (tertiary/aromatic N) is 2. The summed E-state index contributed by atoms with van der Waals surface area (Å²) < 4.78 is 2.33. The summed E-state index contributed by atoms with van der Waals surface area (Å²) in [6.45, 7) is 0.602. The van der Waals surface area contributed by atoms with Crippen molar-refractivity contribution in [1.82, 2.24) is 4.57 Å². The third-order valence-corrected chi connectivity index (χ3v) is 5.26. The van der Waals surface area contributed by atoms with Crippen LogP contribution >= 0.6 is 0 Å². The smallest absolute Gasteiger partial charge is 0.0641 e. The molecule has 1 N–H and O–H groups in total. The van der Waals surface area contributed by atoms with Crippen LogP contribution in [0.5, 0.6) is 0 Å². The Balaban J connectivity index is 1.60. The third kappa shape index (κ3) is 2.69. The summed E-state index contributed by atoms with van der Waals surface area (Å²) >= 11 is 0. The summed E-state index contributed by atoms with van der Waals surface area (Å²) in [5, 5.41) is 13.2. The third-order valence-electron chi connectivity index (χ3n) is 5.26. The summed E-state index contributed by atoms with van der Waals surface area (Å²) in [4.78, 5) is 0. The lowest BCUT2D eigenvalue weighted by atomic mass is 9.95. The number of fused-ring (bicyclic) bond motifs is 3. The number of aryl methyl sites for hydroxylation is 2. The van der Waals surface area contributed by atoms with Gasteiger partial charge in [0.05, 0.1) is 5.69 Å². The highest BCUT2D eigenvalue weighted by Crippen LogP contribution is 2.33. The van der Waals surface area contributed by atoms with E-state index >= 15 is 0 Å². The Morgan fingerprint density at radius 1 is 1.04 bits per heavy atom. The van der Waals surface area contributed by atoms with E-state index in [0.29, 0.717) is 6.54 Å². The lowest BCUT2D eigenvalue weighted by Crippen LogP contribution is -2.21. The van der Waals surface area contributed by atoms with Crippen LogP contribution in [0.25, 0.3) is 10.9 Å². The first-order valence-corrected chi connectivity index (χ1v) is 8.84. The Kier molecular flexibility index (Phi) is 4.03. The molecule has 1 aliphatic carbocycles. The summed E-state index contributed by atoms with van der Waals surface area (Å²) in [5.74, 6) is 0. The molecule has 0 radical (unpaired) electrons. The molecular formula is C21H24N2O. The van der Waals surface area contributed by atoms with Gasteiger partial charge in [0.1, 0.15) is 0 Å². The van der Waals surface area contributed by atoms with Crippen LogP contribution in [0.3, 0.4) is 0 Å². The molecule has 0 unspecified atom stereocenters. The largest absolute Gasteiger partial charge is 0.347 e. The van der Waals surface area contributed by atoms with Crippen molar-refractivity contribution in [2.75, 3.05) is 11.6 Å². The number of hydrogen-bond donors (Lipinski definition) is 1. The van der Waals surface area contributed by atoms with Crippen molar-refractivity contribution < 1.29 is 5.21 Å². The quantitative estimate of drug-likeness (QED) is 0.717. The van der Waals surface area contributed by atoms with Crippen molar-refractivity contribution >= 4 is 16.6 Å². The molecule has 3 aromatic rings. The molecule has 0 saturated carbocycles. The van der Waals surface area contributed by atoms with Crippen molar-refractivity contribution in [2.24, 2.45) is 7.05 Å². The molecule has 124 valence electrons. The van der Waals surface area contributed by atoms with Gasteiger partial charge >= 0.3 is 0 Å². The van der Waals surface area contributed by atoms with Crippen molar-refractivity contribution in [3.05, 3.63) is 65.4 Å². The molecule has 24 heavy (non-hydrogen) atoms. The molecule has 0 fully saturated rings. The summed E-state index contributed by atoms with van der Waals surface area (Å²) in [7, 11) is 2.16. The van der Waals surface area contributed by atoms with E-state index in [9.17, 15) is 5.21 Å². The van der Waals surface area contributed by atoms with Gasteiger partial charge in [-0.15, -0.1) is 0 Å². The SMILES string of the molecule is Cn1c2c(c3cc(N(O)CCc4ccccc4)ccc31)CCCC2. The van der Waals surface area contributed by atoms with Gasteiger partial charge in [-0.1, -0.05) is 30.3 Å². The first-order chi connectivity index (χ1) is 11.7. The average Bonchev–Trinajstić information content (AvgIpc) is 2.93. The second kappa shape index (κ2) is 6.33. The monoisotopic (exact) mass is 320 g/mol. The maximum atomic E-state index is 10.5. The zero-order valence-corrected chi connectivity index (χ0v) is 14.2. The van der Waals surface area contributed by atoms with Crippen LogP contribution in [0.4, 0.5) is 5.69 Å². The molecule has 0 bridgehead atoms. The lowest BCUT2D eigenvalue weighted by Gasteiger charge is -2.17. The number of benzene rings is 2. The average molecular weight is 320 g/mol.